The molecule has 1 N–H and O–H groups in total. The second-order valence-electron chi connectivity index (χ2n) is 4.00. The first-order chi connectivity index (χ1) is 7.01. The molecule has 0 saturated carbocycles. The maximum absolute atomic E-state index is 12.0. The molecule has 0 spiro atoms. The normalized spacial score (nSPS) is 28.0. The fraction of sp³-hybridized carbons (Fsp3) is 1.00. The van der Waals surface area contributed by atoms with E-state index < -0.39 is 12.7 Å². The average molecular weight is 225 g/mol. The van der Waals surface area contributed by atoms with E-state index in [0.717, 1.165) is 12.8 Å². The van der Waals surface area contributed by atoms with Crippen LogP contribution in [0.25, 0.3) is 0 Å². The van der Waals surface area contributed by atoms with Gasteiger partial charge in [0.1, 0.15) is 0 Å². The lowest BCUT2D eigenvalue weighted by atomic mass is 10.0. The first-order valence-corrected chi connectivity index (χ1v) is 5.43. The van der Waals surface area contributed by atoms with Crippen molar-refractivity contribution < 1.29 is 17.9 Å². The van der Waals surface area contributed by atoms with Crippen LogP contribution in [0.2, 0.25) is 0 Å². The number of alkyl halides is 3. The predicted octanol–water partition coefficient (Wildman–Crippen LogP) is 2.49. The lowest BCUT2D eigenvalue weighted by Crippen LogP contribution is -2.42. The molecule has 1 rings (SSSR count). The molecule has 1 aliphatic rings. The van der Waals surface area contributed by atoms with Crippen molar-refractivity contribution in [3.63, 3.8) is 0 Å². The van der Waals surface area contributed by atoms with Crippen LogP contribution in [0.1, 0.15) is 32.6 Å². The molecule has 15 heavy (non-hydrogen) atoms. The second kappa shape index (κ2) is 5.70. The zero-order valence-electron chi connectivity index (χ0n) is 8.94. The van der Waals surface area contributed by atoms with Gasteiger partial charge >= 0.3 is 6.18 Å². The van der Waals surface area contributed by atoms with Crippen LogP contribution < -0.4 is 5.32 Å². The molecule has 1 saturated heterocycles. The fourth-order valence-corrected chi connectivity index (χ4v) is 1.85. The molecule has 0 bridgehead atoms. The standard InChI is InChI=1S/C10H18F3NO/c1-2-3-9-6-8(4-5-15-9)14-7-10(11,12)13/h8-9,14H,2-7H2,1H3. The fourth-order valence-electron chi connectivity index (χ4n) is 1.85. The number of ether oxygens (including phenoxy) is 1. The highest BCUT2D eigenvalue weighted by Gasteiger charge is 2.29. The molecule has 1 fully saturated rings. The topological polar surface area (TPSA) is 21.3 Å². The number of rotatable bonds is 4. The minimum absolute atomic E-state index is 0.0445. The third-order valence-corrected chi connectivity index (χ3v) is 2.57. The van der Waals surface area contributed by atoms with Crippen molar-refractivity contribution in [1.82, 2.24) is 5.32 Å². The van der Waals surface area contributed by atoms with E-state index in [1.165, 1.54) is 0 Å². The van der Waals surface area contributed by atoms with E-state index in [-0.39, 0.29) is 12.1 Å². The quantitative estimate of drug-likeness (QED) is 0.793. The van der Waals surface area contributed by atoms with Crippen LogP contribution in [0.15, 0.2) is 0 Å². The van der Waals surface area contributed by atoms with E-state index in [1.807, 2.05) is 0 Å². The van der Waals surface area contributed by atoms with Gasteiger partial charge in [-0.15, -0.1) is 0 Å². The molecule has 0 aromatic heterocycles. The average Bonchev–Trinajstić information content (AvgIpc) is 2.15. The van der Waals surface area contributed by atoms with Gasteiger partial charge in [-0.25, -0.2) is 0 Å². The maximum atomic E-state index is 12.0. The zero-order chi connectivity index (χ0) is 11.3. The lowest BCUT2D eigenvalue weighted by molar-refractivity contribution is -0.128. The highest BCUT2D eigenvalue weighted by Crippen LogP contribution is 2.19. The van der Waals surface area contributed by atoms with Gasteiger partial charge in [-0.2, -0.15) is 13.2 Å². The Kier molecular flexibility index (Phi) is 4.86. The van der Waals surface area contributed by atoms with Gasteiger partial charge < -0.3 is 10.1 Å². The van der Waals surface area contributed by atoms with Gasteiger partial charge in [0, 0.05) is 12.6 Å². The number of halogens is 3. The van der Waals surface area contributed by atoms with E-state index in [4.69, 9.17) is 4.74 Å². The molecule has 2 unspecified atom stereocenters. The van der Waals surface area contributed by atoms with E-state index >= 15 is 0 Å². The summed E-state index contributed by atoms with van der Waals surface area (Å²) in [7, 11) is 0. The van der Waals surface area contributed by atoms with Gasteiger partial charge in [-0.1, -0.05) is 13.3 Å². The van der Waals surface area contributed by atoms with Crippen molar-refractivity contribution in [3.8, 4) is 0 Å². The molecule has 1 aliphatic heterocycles. The number of nitrogens with one attached hydrogen (secondary N) is 1. The molecule has 1 heterocycles. The monoisotopic (exact) mass is 225 g/mol. The maximum Gasteiger partial charge on any atom is 0.401 e. The van der Waals surface area contributed by atoms with Gasteiger partial charge in [-0.05, 0) is 19.3 Å². The van der Waals surface area contributed by atoms with E-state index in [0.29, 0.717) is 19.4 Å². The van der Waals surface area contributed by atoms with Crippen LogP contribution in [0.3, 0.4) is 0 Å². The molecule has 5 heteroatoms. The highest BCUT2D eigenvalue weighted by molar-refractivity contribution is 4.77. The molecular weight excluding hydrogens is 207 g/mol. The van der Waals surface area contributed by atoms with Crippen molar-refractivity contribution in [3.05, 3.63) is 0 Å². The Hall–Kier alpha value is -0.290. The van der Waals surface area contributed by atoms with E-state index in [9.17, 15) is 13.2 Å². The summed E-state index contributed by atoms with van der Waals surface area (Å²) in [5.74, 6) is 0. The van der Waals surface area contributed by atoms with Crippen molar-refractivity contribution in [2.75, 3.05) is 13.2 Å². The first kappa shape index (κ1) is 12.8. The summed E-state index contributed by atoms with van der Waals surface area (Å²) in [5, 5.41) is 2.54. The van der Waals surface area contributed by atoms with Crippen molar-refractivity contribution in [1.29, 1.82) is 0 Å². The summed E-state index contributed by atoms with van der Waals surface area (Å²) >= 11 is 0. The van der Waals surface area contributed by atoms with Gasteiger partial charge in [-0.3, -0.25) is 0 Å². The van der Waals surface area contributed by atoms with Crippen LogP contribution in [-0.4, -0.2) is 31.5 Å². The molecule has 0 amide bonds. The smallest absolute Gasteiger partial charge is 0.378 e. The van der Waals surface area contributed by atoms with Gasteiger partial charge in [0.15, 0.2) is 0 Å². The van der Waals surface area contributed by atoms with Gasteiger partial charge in [0.05, 0.1) is 12.6 Å². The lowest BCUT2D eigenvalue weighted by Gasteiger charge is -2.30. The summed E-state index contributed by atoms with van der Waals surface area (Å²) < 4.78 is 41.3. The third-order valence-electron chi connectivity index (χ3n) is 2.57. The molecule has 0 aromatic rings. The van der Waals surface area contributed by atoms with Crippen LogP contribution in [0.5, 0.6) is 0 Å². The minimum atomic E-state index is -4.11. The predicted molar refractivity (Wildman–Crippen MR) is 51.7 cm³/mol. The minimum Gasteiger partial charge on any atom is -0.378 e. The number of hydrogen-bond donors (Lipinski definition) is 1. The molecule has 90 valence electrons. The molecule has 0 radical (unpaired) electrons. The summed E-state index contributed by atoms with van der Waals surface area (Å²) in [5.41, 5.74) is 0. The Morgan fingerprint density at radius 2 is 2.13 bits per heavy atom. The second-order valence-corrected chi connectivity index (χ2v) is 4.00. The molecule has 2 nitrogen and oxygen atoms in total. The summed E-state index contributed by atoms with van der Waals surface area (Å²) in [6.45, 7) is 1.73. The summed E-state index contributed by atoms with van der Waals surface area (Å²) in [4.78, 5) is 0. The number of hydrogen-bond acceptors (Lipinski definition) is 2. The third kappa shape index (κ3) is 5.37. The van der Waals surface area contributed by atoms with Crippen LogP contribution in [0.4, 0.5) is 13.2 Å². The first-order valence-electron chi connectivity index (χ1n) is 5.43. The van der Waals surface area contributed by atoms with Crippen molar-refractivity contribution >= 4 is 0 Å². The zero-order valence-corrected chi connectivity index (χ0v) is 8.94. The Balaban J connectivity index is 2.24. The molecule has 0 aliphatic carbocycles. The molecular formula is C10H18F3NO. The van der Waals surface area contributed by atoms with Crippen LogP contribution >= 0.6 is 0 Å². The van der Waals surface area contributed by atoms with Gasteiger partial charge in [0.25, 0.3) is 0 Å². The highest BCUT2D eigenvalue weighted by atomic mass is 19.4. The van der Waals surface area contributed by atoms with Crippen LogP contribution in [0, 0.1) is 0 Å². The Morgan fingerprint density at radius 1 is 1.40 bits per heavy atom. The SMILES string of the molecule is CCCC1CC(NCC(F)(F)F)CCO1. The van der Waals surface area contributed by atoms with Crippen LogP contribution in [-0.2, 0) is 4.74 Å². The van der Waals surface area contributed by atoms with Gasteiger partial charge in [0.2, 0.25) is 0 Å². The Bertz CT molecular complexity index is 182. The van der Waals surface area contributed by atoms with E-state index in [1.54, 1.807) is 0 Å². The Morgan fingerprint density at radius 3 is 2.73 bits per heavy atom. The van der Waals surface area contributed by atoms with E-state index in [2.05, 4.69) is 12.2 Å². The molecule has 0 aromatic carbocycles. The Labute approximate surface area is 88.2 Å². The van der Waals surface area contributed by atoms with Crippen molar-refractivity contribution in [2.24, 2.45) is 0 Å². The summed E-state index contributed by atoms with van der Waals surface area (Å²) in [6.07, 6.45) is -0.658. The van der Waals surface area contributed by atoms with Crippen molar-refractivity contribution in [2.45, 2.75) is 50.9 Å². The summed E-state index contributed by atoms with van der Waals surface area (Å²) in [6, 6.07) is -0.0445. The largest absolute Gasteiger partial charge is 0.401 e. The molecule has 2 atom stereocenters.